The minimum Gasteiger partial charge on any atom is -0.343 e. The van der Waals surface area contributed by atoms with Gasteiger partial charge >= 0.3 is 0 Å². The summed E-state index contributed by atoms with van der Waals surface area (Å²) in [5.74, 6) is 1.36. The average molecular weight is 244 g/mol. The number of carbonyl (C=O) groups is 1. The number of piperazine rings is 1. The Kier molecular flexibility index (Phi) is 4.68. The van der Waals surface area contributed by atoms with Crippen LogP contribution in [0, 0.1) is 0 Å². The van der Waals surface area contributed by atoms with Crippen LogP contribution in [0.3, 0.4) is 0 Å². The van der Waals surface area contributed by atoms with Crippen molar-refractivity contribution in [1.29, 1.82) is 0 Å². The number of carbonyl (C=O) groups excluding carboxylic acids is 1. The number of hydrogen-bond donors (Lipinski definition) is 0. The van der Waals surface area contributed by atoms with Crippen LogP contribution in [0.25, 0.3) is 0 Å². The van der Waals surface area contributed by atoms with E-state index >= 15 is 0 Å². The van der Waals surface area contributed by atoms with Crippen molar-refractivity contribution in [3.05, 3.63) is 0 Å². The molecule has 0 aromatic carbocycles. The number of hydrogen-bond acceptors (Lipinski definition) is 3. The molecule has 3 nitrogen and oxygen atoms in total. The summed E-state index contributed by atoms with van der Waals surface area (Å²) in [4.78, 5) is 15.9. The highest BCUT2D eigenvalue weighted by molar-refractivity contribution is 8.00. The molecule has 0 aliphatic carbocycles. The minimum atomic E-state index is 0.0549. The second-order valence-corrected chi connectivity index (χ2v) is 7.35. The molecule has 0 N–H and O–H groups in total. The fourth-order valence-electron chi connectivity index (χ4n) is 1.83. The third-order valence-electron chi connectivity index (χ3n) is 2.92. The summed E-state index contributed by atoms with van der Waals surface area (Å²) >= 11 is 1.96. The van der Waals surface area contributed by atoms with Gasteiger partial charge in [-0.25, -0.2) is 0 Å². The molecule has 0 saturated carbocycles. The maximum atomic E-state index is 11.8. The van der Waals surface area contributed by atoms with Gasteiger partial charge in [-0.2, -0.15) is 11.8 Å². The quantitative estimate of drug-likeness (QED) is 0.755. The van der Waals surface area contributed by atoms with Gasteiger partial charge in [0, 0.05) is 37.2 Å². The van der Waals surface area contributed by atoms with Crippen molar-refractivity contribution in [3.63, 3.8) is 0 Å². The van der Waals surface area contributed by atoms with Gasteiger partial charge in [-0.15, -0.1) is 0 Å². The van der Waals surface area contributed by atoms with Crippen LogP contribution in [0.15, 0.2) is 0 Å². The van der Waals surface area contributed by atoms with Crippen molar-refractivity contribution in [2.75, 3.05) is 32.4 Å². The van der Waals surface area contributed by atoms with E-state index in [2.05, 4.69) is 25.7 Å². The number of rotatable bonds is 3. The molecule has 0 aromatic rings. The molecule has 0 bridgehead atoms. The van der Waals surface area contributed by atoms with Crippen molar-refractivity contribution in [1.82, 2.24) is 9.80 Å². The van der Waals surface area contributed by atoms with Crippen LogP contribution in [-0.4, -0.2) is 58.9 Å². The Morgan fingerprint density at radius 1 is 1.38 bits per heavy atom. The van der Waals surface area contributed by atoms with Gasteiger partial charge in [-0.1, -0.05) is 20.8 Å². The Labute approximate surface area is 104 Å². The van der Waals surface area contributed by atoms with E-state index in [1.165, 1.54) is 0 Å². The van der Waals surface area contributed by atoms with Gasteiger partial charge in [0.15, 0.2) is 0 Å². The number of thioether (sulfide) groups is 1. The molecule has 1 saturated heterocycles. The lowest BCUT2D eigenvalue weighted by Gasteiger charge is -2.37. The zero-order valence-electron chi connectivity index (χ0n) is 11.1. The van der Waals surface area contributed by atoms with Crippen LogP contribution in [0.4, 0.5) is 0 Å². The Hall–Kier alpha value is -0.220. The van der Waals surface area contributed by atoms with Crippen molar-refractivity contribution < 1.29 is 4.79 Å². The lowest BCUT2D eigenvalue weighted by Crippen LogP contribution is -2.54. The normalized spacial score (nSPS) is 23.9. The van der Waals surface area contributed by atoms with E-state index in [1.807, 2.05) is 30.6 Å². The van der Waals surface area contributed by atoms with E-state index < -0.39 is 0 Å². The summed E-state index contributed by atoms with van der Waals surface area (Å²) in [6.45, 7) is 11.6. The van der Waals surface area contributed by atoms with Crippen LogP contribution in [0.5, 0.6) is 0 Å². The maximum Gasteiger partial charge on any atom is 0.239 e. The Morgan fingerprint density at radius 2 is 2.00 bits per heavy atom. The fraction of sp³-hybridized carbons (Fsp3) is 0.917. The monoisotopic (exact) mass is 244 g/mol. The Morgan fingerprint density at radius 3 is 2.56 bits per heavy atom. The summed E-state index contributed by atoms with van der Waals surface area (Å²) in [6, 6.07) is 0.0549. The van der Waals surface area contributed by atoms with Gasteiger partial charge in [0.1, 0.15) is 0 Å². The Balaban J connectivity index is 2.35. The summed E-state index contributed by atoms with van der Waals surface area (Å²) in [7, 11) is 1.89. The molecule has 0 radical (unpaired) electrons. The van der Waals surface area contributed by atoms with Gasteiger partial charge in [-0.05, 0) is 6.92 Å². The molecule has 0 aromatic heterocycles. The lowest BCUT2D eigenvalue weighted by molar-refractivity contribution is -0.139. The first-order valence-electron chi connectivity index (χ1n) is 5.94. The number of nitrogens with zero attached hydrogens (tertiary/aromatic N) is 2. The van der Waals surface area contributed by atoms with E-state index in [4.69, 9.17) is 0 Å². The van der Waals surface area contributed by atoms with Crippen LogP contribution in [-0.2, 0) is 4.79 Å². The highest BCUT2D eigenvalue weighted by Gasteiger charge is 2.28. The minimum absolute atomic E-state index is 0.0549. The molecule has 16 heavy (non-hydrogen) atoms. The zero-order valence-corrected chi connectivity index (χ0v) is 11.9. The van der Waals surface area contributed by atoms with Crippen LogP contribution >= 0.6 is 11.8 Å². The molecule has 1 unspecified atom stereocenters. The van der Waals surface area contributed by atoms with E-state index in [1.54, 1.807) is 0 Å². The summed E-state index contributed by atoms with van der Waals surface area (Å²) in [5.41, 5.74) is 0. The fourth-order valence-corrected chi connectivity index (χ4v) is 2.77. The maximum absolute atomic E-state index is 11.8. The third-order valence-corrected chi connectivity index (χ3v) is 4.17. The van der Waals surface area contributed by atoms with Gasteiger partial charge in [0.25, 0.3) is 0 Å². The lowest BCUT2D eigenvalue weighted by atomic mass is 10.2. The molecule has 1 heterocycles. The van der Waals surface area contributed by atoms with Crippen LogP contribution in [0.2, 0.25) is 0 Å². The average Bonchev–Trinajstić information content (AvgIpc) is 2.16. The predicted octanol–water partition coefficient (Wildman–Crippen LogP) is 1.68. The first-order valence-corrected chi connectivity index (χ1v) is 6.93. The first kappa shape index (κ1) is 13.8. The summed E-state index contributed by atoms with van der Waals surface area (Å²) in [5, 5.41) is 0. The number of amides is 1. The topological polar surface area (TPSA) is 23.6 Å². The van der Waals surface area contributed by atoms with Gasteiger partial charge in [0.05, 0.1) is 6.04 Å². The molecule has 1 atom stereocenters. The molecule has 1 aliphatic rings. The van der Waals surface area contributed by atoms with Crippen molar-refractivity contribution in [2.45, 2.75) is 38.5 Å². The molecule has 1 amide bonds. The molecule has 94 valence electrons. The SMILES string of the molecule is CC1C(=O)N(C)CCN1CCSC(C)(C)C. The van der Waals surface area contributed by atoms with E-state index in [-0.39, 0.29) is 11.9 Å². The molecule has 0 spiro atoms. The molecular formula is C12H24N2OS. The highest BCUT2D eigenvalue weighted by Crippen LogP contribution is 2.23. The summed E-state index contributed by atoms with van der Waals surface area (Å²) in [6.07, 6.45) is 0. The molecular weight excluding hydrogens is 220 g/mol. The highest BCUT2D eigenvalue weighted by atomic mass is 32.2. The van der Waals surface area contributed by atoms with E-state index in [0.717, 1.165) is 25.4 Å². The second kappa shape index (κ2) is 5.41. The molecule has 1 fully saturated rings. The predicted molar refractivity (Wildman–Crippen MR) is 70.9 cm³/mol. The smallest absolute Gasteiger partial charge is 0.239 e. The van der Waals surface area contributed by atoms with Crippen molar-refractivity contribution in [3.8, 4) is 0 Å². The van der Waals surface area contributed by atoms with Gasteiger partial charge < -0.3 is 4.90 Å². The molecule has 1 aliphatic heterocycles. The largest absolute Gasteiger partial charge is 0.343 e. The molecule has 4 heteroatoms. The molecule has 1 rings (SSSR count). The zero-order chi connectivity index (χ0) is 12.3. The van der Waals surface area contributed by atoms with Crippen molar-refractivity contribution >= 4 is 17.7 Å². The number of likely N-dealkylation sites (N-methyl/N-ethyl adjacent to an activating group) is 1. The first-order chi connectivity index (χ1) is 7.31. The van der Waals surface area contributed by atoms with E-state index in [0.29, 0.717) is 4.75 Å². The second-order valence-electron chi connectivity index (χ2n) is 5.43. The standard InChI is InChI=1S/C12H24N2OS/c1-10-11(15)13(5)6-7-14(10)8-9-16-12(2,3)4/h10H,6-9H2,1-5H3. The third kappa shape index (κ3) is 3.98. The van der Waals surface area contributed by atoms with Gasteiger partial charge in [-0.3, -0.25) is 9.69 Å². The van der Waals surface area contributed by atoms with Gasteiger partial charge in [0.2, 0.25) is 5.91 Å². The van der Waals surface area contributed by atoms with Crippen LogP contribution < -0.4 is 0 Å². The van der Waals surface area contributed by atoms with Crippen molar-refractivity contribution in [2.24, 2.45) is 0 Å². The van der Waals surface area contributed by atoms with E-state index in [9.17, 15) is 4.79 Å². The Bertz CT molecular complexity index is 250. The summed E-state index contributed by atoms with van der Waals surface area (Å²) < 4.78 is 0.319. The van der Waals surface area contributed by atoms with Crippen LogP contribution in [0.1, 0.15) is 27.7 Å².